The van der Waals surface area contributed by atoms with Crippen molar-refractivity contribution >= 4 is 39.1 Å². The number of carbonyl (C=O) groups excluding carboxylic acids is 2. The third-order valence-electron chi connectivity index (χ3n) is 8.34. The first-order valence-corrected chi connectivity index (χ1v) is 16.8. The van der Waals surface area contributed by atoms with Crippen LogP contribution in [0.25, 0.3) is 0 Å². The number of amides is 2. The molecule has 2 amide bonds. The number of halogens is 1. The Kier molecular flexibility index (Phi) is 10.9. The van der Waals surface area contributed by atoms with Crippen molar-refractivity contribution in [2.75, 3.05) is 10.8 Å². The minimum absolute atomic E-state index is 0.0674. The maximum Gasteiger partial charge on any atom is 0.264 e. The van der Waals surface area contributed by atoms with E-state index in [0.29, 0.717) is 22.7 Å². The summed E-state index contributed by atoms with van der Waals surface area (Å²) < 4.78 is 29.4. The predicted molar refractivity (Wildman–Crippen MR) is 173 cm³/mol. The second kappa shape index (κ2) is 14.4. The largest absolute Gasteiger partial charge is 0.352 e. The Morgan fingerprint density at radius 3 is 2.26 bits per heavy atom. The molecule has 0 heterocycles. The summed E-state index contributed by atoms with van der Waals surface area (Å²) in [5, 5.41) is 3.58. The van der Waals surface area contributed by atoms with Gasteiger partial charge >= 0.3 is 0 Å². The van der Waals surface area contributed by atoms with Crippen molar-refractivity contribution < 1.29 is 18.0 Å². The molecule has 1 fully saturated rings. The number of anilines is 1. The highest BCUT2D eigenvalue weighted by Crippen LogP contribution is 2.31. The molecule has 0 spiro atoms. The molecule has 1 aliphatic rings. The fourth-order valence-corrected chi connectivity index (χ4v) is 7.29. The zero-order chi connectivity index (χ0) is 31.1. The molecule has 4 rings (SSSR count). The summed E-state index contributed by atoms with van der Waals surface area (Å²) in [6.45, 7) is 7.14. The summed E-state index contributed by atoms with van der Waals surface area (Å²) >= 11 is 6.44. The molecular weight excluding hydrogens is 582 g/mol. The number of benzene rings is 3. The first-order chi connectivity index (χ1) is 20.5. The van der Waals surface area contributed by atoms with Crippen LogP contribution < -0.4 is 9.62 Å². The van der Waals surface area contributed by atoms with Crippen LogP contribution in [0.2, 0.25) is 5.02 Å². The molecule has 7 nitrogen and oxygen atoms in total. The maximum atomic E-state index is 14.4. The van der Waals surface area contributed by atoms with Crippen LogP contribution in [0.4, 0.5) is 5.69 Å². The normalized spacial score (nSPS) is 14.6. The summed E-state index contributed by atoms with van der Waals surface area (Å²) in [5.41, 5.74) is 3.65. The van der Waals surface area contributed by atoms with Gasteiger partial charge < -0.3 is 10.2 Å². The van der Waals surface area contributed by atoms with E-state index in [-0.39, 0.29) is 23.4 Å². The number of aryl methyl sites for hydroxylation is 2. The van der Waals surface area contributed by atoms with Crippen molar-refractivity contribution in [2.45, 2.75) is 89.7 Å². The zero-order valence-electron chi connectivity index (χ0n) is 25.5. The van der Waals surface area contributed by atoms with E-state index in [0.717, 1.165) is 53.1 Å². The lowest BCUT2D eigenvalue weighted by molar-refractivity contribution is -0.140. The highest BCUT2D eigenvalue weighted by atomic mass is 35.5. The van der Waals surface area contributed by atoms with E-state index in [1.165, 1.54) is 4.90 Å². The molecule has 9 heteroatoms. The summed E-state index contributed by atoms with van der Waals surface area (Å²) in [6.07, 6.45) is 5.53. The smallest absolute Gasteiger partial charge is 0.264 e. The molecule has 0 bridgehead atoms. The van der Waals surface area contributed by atoms with Gasteiger partial charge in [0.05, 0.1) is 10.6 Å². The van der Waals surface area contributed by atoms with Gasteiger partial charge in [0.2, 0.25) is 11.8 Å². The molecule has 0 aliphatic heterocycles. The van der Waals surface area contributed by atoms with Crippen LogP contribution in [0.1, 0.15) is 67.7 Å². The molecule has 1 N–H and O–H groups in total. The minimum Gasteiger partial charge on any atom is -0.352 e. The molecule has 43 heavy (non-hydrogen) atoms. The Labute approximate surface area is 261 Å². The van der Waals surface area contributed by atoms with Crippen LogP contribution in [-0.4, -0.2) is 43.8 Å². The van der Waals surface area contributed by atoms with Gasteiger partial charge in [-0.3, -0.25) is 13.9 Å². The van der Waals surface area contributed by atoms with Crippen LogP contribution in [0, 0.1) is 20.8 Å². The van der Waals surface area contributed by atoms with E-state index in [1.54, 1.807) is 49.4 Å². The van der Waals surface area contributed by atoms with Gasteiger partial charge in [-0.05, 0) is 81.0 Å². The minimum atomic E-state index is -4.17. The quantitative estimate of drug-likeness (QED) is 0.257. The van der Waals surface area contributed by atoms with E-state index >= 15 is 0 Å². The second-order valence-electron chi connectivity index (χ2n) is 11.4. The van der Waals surface area contributed by atoms with Gasteiger partial charge in [0, 0.05) is 17.6 Å². The van der Waals surface area contributed by atoms with E-state index in [9.17, 15) is 18.0 Å². The molecule has 0 saturated heterocycles. The van der Waals surface area contributed by atoms with Crippen molar-refractivity contribution in [3.8, 4) is 0 Å². The summed E-state index contributed by atoms with van der Waals surface area (Å²) in [4.78, 5) is 29.7. The molecular formula is C34H42ClN3O4S. The number of nitrogens with one attached hydrogen (secondary N) is 1. The van der Waals surface area contributed by atoms with Gasteiger partial charge in [-0.15, -0.1) is 0 Å². The summed E-state index contributed by atoms with van der Waals surface area (Å²) in [6, 6.07) is 18.6. The van der Waals surface area contributed by atoms with Crippen molar-refractivity contribution in [3.63, 3.8) is 0 Å². The standard InChI is InChI=1S/C34H42ClN3O4S/c1-5-31(34(40)36-28-14-7-6-8-15-28)37(22-27-13-10-9-12-25(27)3)33(39)23-38(32-17-11-16-30(35)26(32)4)43(41,42)29-20-18-24(2)19-21-29/h9-13,16-21,28,31H,5-8,14-15,22-23H2,1-4H3,(H,36,40). The second-order valence-corrected chi connectivity index (χ2v) is 13.7. The van der Waals surface area contributed by atoms with Gasteiger partial charge in [0.1, 0.15) is 12.6 Å². The Hall–Kier alpha value is -3.36. The van der Waals surface area contributed by atoms with E-state index in [2.05, 4.69) is 5.32 Å². The van der Waals surface area contributed by atoms with Gasteiger partial charge in [0.15, 0.2) is 0 Å². The molecule has 1 saturated carbocycles. The van der Waals surface area contributed by atoms with Gasteiger partial charge in [-0.1, -0.05) is 85.8 Å². The SMILES string of the molecule is CCC(C(=O)NC1CCCCC1)N(Cc1ccccc1C)C(=O)CN(c1cccc(Cl)c1C)S(=O)(=O)c1ccc(C)cc1. The first-order valence-electron chi connectivity index (χ1n) is 15.0. The molecule has 0 radical (unpaired) electrons. The van der Waals surface area contributed by atoms with Crippen molar-refractivity contribution in [1.82, 2.24) is 10.2 Å². The third-order valence-corrected chi connectivity index (χ3v) is 10.5. The Morgan fingerprint density at radius 2 is 1.60 bits per heavy atom. The molecule has 1 atom stereocenters. The van der Waals surface area contributed by atoms with E-state index < -0.39 is 28.5 Å². The fraction of sp³-hybridized carbons (Fsp3) is 0.412. The predicted octanol–water partition coefficient (Wildman–Crippen LogP) is 6.72. The lowest BCUT2D eigenvalue weighted by atomic mass is 9.95. The first kappa shape index (κ1) is 32.6. The topological polar surface area (TPSA) is 86.8 Å². The highest BCUT2D eigenvalue weighted by molar-refractivity contribution is 7.92. The fourth-order valence-electron chi connectivity index (χ4n) is 5.65. The van der Waals surface area contributed by atoms with Crippen molar-refractivity contribution in [1.29, 1.82) is 0 Å². The average Bonchev–Trinajstić information content (AvgIpc) is 2.99. The molecule has 0 aromatic heterocycles. The highest BCUT2D eigenvalue weighted by Gasteiger charge is 2.35. The third kappa shape index (κ3) is 7.78. The van der Waals surface area contributed by atoms with Crippen LogP contribution in [0.3, 0.4) is 0 Å². The number of hydrogen-bond acceptors (Lipinski definition) is 4. The molecule has 3 aromatic rings. The lowest BCUT2D eigenvalue weighted by Crippen LogP contribution is -2.54. The number of rotatable bonds is 11. The van der Waals surface area contributed by atoms with Gasteiger partial charge in [0.25, 0.3) is 10.0 Å². The van der Waals surface area contributed by atoms with Gasteiger partial charge in [-0.2, -0.15) is 0 Å². The number of carbonyl (C=O) groups is 2. The number of nitrogens with zero attached hydrogens (tertiary/aromatic N) is 2. The Bertz CT molecular complexity index is 1540. The van der Waals surface area contributed by atoms with E-state index in [4.69, 9.17) is 11.6 Å². The van der Waals surface area contributed by atoms with Gasteiger partial charge in [-0.25, -0.2) is 8.42 Å². The summed E-state index contributed by atoms with van der Waals surface area (Å²) in [5.74, 6) is -0.674. The average molecular weight is 624 g/mol. The molecule has 1 unspecified atom stereocenters. The van der Waals surface area contributed by atoms with E-state index in [1.807, 2.05) is 45.0 Å². The maximum absolute atomic E-state index is 14.4. The Balaban J connectivity index is 1.75. The monoisotopic (exact) mass is 623 g/mol. The van der Waals surface area contributed by atoms with Crippen LogP contribution in [-0.2, 0) is 26.2 Å². The summed E-state index contributed by atoms with van der Waals surface area (Å²) in [7, 11) is -4.17. The Morgan fingerprint density at radius 1 is 0.930 bits per heavy atom. The molecule has 230 valence electrons. The number of sulfonamides is 1. The van der Waals surface area contributed by atoms with Crippen LogP contribution >= 0.6 is 11.6 Å². The zero-order valence-corrected chi connectivity index (χ0v) is 27.0. The van der Waals surface area contributed by atoms with Crippen molar-refractivity contribution in [3.05, 3.63) is 94.0 Å². The number of hydrogen-bond donors (Lipinski definition) is 1. The lowest BCUT2D eigenvalue weighted by Gasteiger charge is -2.35. The van der Waals surface area contributed by atoms with Crippen LogP contribution in [0.5, 0.6) is 0 Å². The molecule has 1 aliphatic carbocycles. The van der Waals surface area contributed by atoms with Crippen LogP contribution in [0.15, 0.2) is 71.6 Å². The van der Waals surface area contributed by atoms with Crippen molar-refractivity contribution in [2.24, 2.45) is 0 Å². The molecule has 3 aromatic carbocycles.